The zero-order valence-electron chi connectivity index (χ0n) is 19.8. The van der Waals surface area contributed by atoms with Crippen LogP contribution in [0.3, 0.4) is 0 Å². The minimum Gasteiger partial charge on any atom is -0.497 e. The zero-order valence-corrected chi connectivity index (χ0v) is 19.8. The van der Waals surface area contributed by atoms with Crippen LogP contribution in [0, 0.1) is 13.8 Å². The van der Waals surface area contributed by atoms with E-state index in [9.17, 15) is 4.79 Å². The van der Waals surface area contributed by atoms with E-state index >= 15 is 0 Å². The molecule has 5 heteroatoms. The van der Waals surface area contributed by atoms with Gasteiger partial charge in [0.15, 0.2) is 0 Å². The number of amides is 1. The Morgan fingerprint density at radius 2 is 1.85 bits per heavy atom. The molecule has 3 aromatic rings. The fourth-order valence-electron chi connectivity index (χ4n) is 4.40. The van der Waals surface area contributed by atoms with Crippen LogP contribution >= 0.6 is 0 Å². The molecule has 3 aromatic carbocycles. The molecular formula is C28H31N3O2. The Morgan fingerprint density at radius 3 is 2.58 bits per heavy atom. The summed E-state index contributed by atoms with van der Waals surface area (Å²) in [4.78, 5) is 15.5. The number of hydrazone groups is 1. The van der Waals surface area contributed by atoms with Crippen molar-refractivity contribution in [2.75, 3.05) is 20.7 Å². The quantitative estimate of drug-likeness (QED) is 0.511. The van der Waals surface area contributed by atoms with E-state index in [2.05, 4.69) is 44.2 Å². The number of benzene rings is 3. The van der Waals surface area contributed by atoms with Crippen LogP contribution in [-0.4, -0.2) is 42.2 Å². The lowest BCUT2D eigenvalue weighted by Gasteiger charge is -2.25. The van der Waals surface area contributed by atoms with Crippen LogP contribution in [0.15, 0.2) is 77.9 Å². The third-order valence-electron chi connectivity index (χ3n) is 6.04. The highest BCUT2D eigenvalue weighted by Crippen LogP contribution is 2.35. The van der Waals surface area contributed by atoms with Gasteiger partial charge in [-0.3, -0.25) is 9.69 Å². The average molecular weight is 442 g/mol. The van der Waals surface area contributed by atoms with Gasteiger partial charge in [0, 0.05) is 18.5 Å². The summed E-state index contributed by atoms with van der Waals surface area (Å²) in [6, 6.07) is 24.3. The summed E-state index contributed by atoms with van der Waals surface area (Å²) in [5, 5.41) is 6.53. The smallest absolute Gasteiger partial charge is 0.257 e. The number of methoxy groups -OCH3 is 1. The van der Waals surface area contributed by atoms with E-state index < -0.39 is 0 Å². The van der Waals surface area contributed by atoms with Crippen LogP contribution in [0.4, 0.5) is 0 Å². The molecule has 0 aliphatic carbocycles. The van der Waals surface area contributed by atoms with Crippen LogP contribution < -0.4 is 4.74 Å². The molecule has 0 spiro atoms. The largest absolute Gasteiger partial charge is 0.497 e. The molecule has 0 saturated carbocycles. The summed E-state index contributed by atoms with van der Waals surface area (Å²) in [6.07, 6.45) is 0.672. The Balaban J connectivity index is 1.61. The lowest BCUT2D eigenvalue weighted by molar-refractivity contribution is -0.134. The molecule has 1 aliphatic rings. The number of hydrogen-bond acceptors (Lipinski definition) is 4. The minimum atomic E-state index is -0.159. The second-order valence-electron chi connectivity index (χ2n) is 8.76. The molecule has 1 atom stereocenters. The number of likely N-dealkylation sites (N-methyl/N-ethyl adjacent to an activating group) is 1. The molecule has 0 aromatic heterocycles. The topological polar surface area (TPSA) is 45.1 Å². The first-order valence-electron chi connectivity index (χ1n) is 11.3. The van der Waals surface area contributed by atoms with Gasteiger partial charge in [0.2, 0.25) is 0 Å². The summed E-state index contributed by atoms with van der Waals surface area (Å²) >= 11 is 0. The fraction of sp³-hybridized carbons (Fsp3) is 0.286. The molecule has 5 nitrogen and oxygen atoms in total. The number of aryl methyl sites for hydroxylation is 2. The van der Waals surface area contributed by atoms with Crippen LogP contribution in [0.25, 0.3) is 0 Å². The van der Waals surface area contributed by atoms with Crippen molar-refractivity contribution in [2.45, 2.75) is 32.9 Å². The maximum atomic E-state index is 13.4. The number of carbonyl (C=O) groups is 1. The van der Waals surface area contributed by atoms with Gasteiger partial charge < -0.3 is 4.74 Å². The summed E-state index contributed by atoms with van der Waals surface area (Å²) in [6.45, 7) is 5.19. The van der Waals surface area contributed by atoms with Crippen LogP contribution in [-0.2, 0) is 11.3 Å². The van der Waals surface area contributed by atoms with Gasteiger partial charge in [-0.2, -0.15) is 5.10 Å². The number of nitrogens with zero attached hydrogens (tertiary/aromatic N) is 3. The van der Waals surface area contributed by atoms with Gasteiger partial charge in [0.05, 0.1) is 25.4 Å². The van der Waals surface area contributed by atoms with E-state index in [0.29, 0.717) is 19.5 Å². The van der Waals surface area contributed by atoms with Crippen molar-refractivity contribution in [3.05, 3.63) is 101 Å². The number of rotatable bonds is 7. The van der Waals surface area contributed by atoms with E-state index in [1.807, 2.05) is 54.4 Å². The summed E-state index contributed by atoms with van der Waals surface area (Å²) < 4.78 is 5.44. The van der Waals surface area contributed by atoms with E-state index in [-0.39, 0.29) is 11.9 Å². The zero-order chi connectivity index (χ0) is 23.4. The van der Waals surface area contributed by atoms with Crippen LogP contribution in [0.1, 0.15) is 40.3 Å². The molecule has 4 rings (SSSR count). The van der Waals surface area contributed by atoms with Crippen molar-refractivity contribution in [1.29, 1.82) is 0 Å². The van der Waals surface area contributed by atoms with E-state index in [4.69, 9.17) is 9.84 Å². The Labute approximate surface area is 196 Å². The molecule has 33 heavy (non-hydrogen) atoms. The van der Waals surface area contributed by atoms with Crippen molar-refractivity contribution in [3.63, 3.8) is 0 Å². The van der Waals surface area contributed by atoms with Crippen molar-refractivity contribution in [1.82, 2.24) is 9.91 Å². The van der Waals surface area contributed by atoms with E-state index in [0.717, 1.165) is 22.6 Å². The van der Waals surface area contributed by atoms with Gasteiger partial charge in [-0.25, -0.2) is 5.01 Å². The standard InChI is InChI=1S/C28H31N3O2/c1-20-13-14-25(21(2)15-20)26-17-27(23-11-8-12-24(16-23)33-4)31(29-26)28(32)19-30(3)18-22-9-6-5-7-10-22/h5-16,27H,17-19H2,1-4H3/t27-/m0/s1. The second-order valence-corrected chi connectivity index (χ2v) is 8.76. The van der Waals surface area contributed by atoms with E-state index in [1.54, 1.807) is 12.1 Å². The number of hydrogen-bond donors (Lipinski definition) is 0. The summed E-state index contributed by atoms with van der Waals surface area (Å²) in [5.74, 6) is 0.766. The molecular weight excluding hydrogens is 410 g/mol. The lowest BCUT2D eigenvalue weighted by Crippen LogP contribution is -2.36. The van der Waals surface area contributed by atoms with Crippen molar-refractivity contribution < 1.29 is 9.53 Å². The lowest BCUT2D eigenvalue weighted by atomic mass is 9.95. The van der Waals surface area contributed by atoms with Crippen molar-refractivity contribution >= 4 is 11.6 Å². The van der Waals surface area contributed by atoms with Crippen LogP contribution in [0.2, 0.25) is 0 Å². The third kappa shape index (κ3) is 5.32. The fourth-order valence-corrected chi connectivity index (χ4v) is 4.40. The highest BCUT2D eigenvalue weighted by Gasteiger charge is 2.34. The van der Waals surface area contributed by atoms with Gasteiger partial charge in [-0.1, -0.05) is 66.2 Å². The first kappa shape index (κ1) is 22.7. The Bertz CT molecular complexity index is 1160. The molecule has 170 valence electrons. The molecule has 0 bridgehead atoms. The Kier molecular flexibility index (Phi) is 6.90. The van der Waals surface area contributed by atoms with E-state index in [1.165, 1.54) is 16.7 Å². The molecule has 1 heterocycles. The Morgan fingerprint density at radius 1 is 1.06 bits per heavy atom. The predicted octanol–water partition coefficient (Wildman–Crippen LogP) is 5.12. The van der Waals surface area contributed by atoms with Gasteiger partial charge in [-0.05, 0) is 49.7 Å². The minimum absolute atomic E-state index is 0.0129. The monoisotopic (exact) mass is 441 g/mol. The molecule has 1 aliphatic heterocycles. The predicted molar refractivity (Wildman–Crippen MR) is 132 cm³/mol. The molecule has 0 fully saturated rings. The van der Waals surface area contributed by atoms with Gasteiger partial charge in [0.1, 0.15) is 5.75 Å². The highest BCUT2D eigenvalue weighted by molar-refractivity contribution is 6.04. The first-order chi connectivity index (χ1) is 15.9. The van der Waals surface area contributed by atoms with Gasteiger partial charge in [-0.15, -0.1) is 0 Å². The summed E-state index contributed by atoms with van der Waals surface area (Å²) in [7, 11) is 3.63. The maximum Gasteiger partial charge on any atom is 0.257 e. The normalized spacial score (nSPS) is 15.6. The molecule has 0 radical (unpaired) electrons. The number of ether oxygens (including phenoxy) is 1. The summed E-state index contributed by atoms with van der Waals surface area (Å²) in [5.41, 5.74) is 6.64. The Hall–Kier alpha value is -3.44. The van der Waals surface area contributed by atoms with Gasteiger partial charge >= 0.3 is 0 Å². The highest BCUT2D eigenvalue weighted by atomic mass is 16.5. The van der Waals surface area contributed by atoms with Crippen molar-refractivity contribution in [3.8, 4) is 5.75 Å². The molecule has 1 amide bonds. The molecule has 0 saturated heterocycles. The second kappa shape index (κ2) is 10.0. The molecule has 0 N–H and O–H groups in total. The molecule has 0 unspecified atom stereocenters. The van der Waals surface area contributed by atoms with Gasteiger partial charge in [0.25, 0.3) is 5.91 Å². The third-order valence-corrected chi connectivity index (χ3v) is 6.04. The first-order valence-corrected chi connectivity index (χ1v) is 11.3. The van der Waals surface area contributed by atoms with Crippen molar-refractivity contribution in [2.24, 2.45) is 5.10 Å². The SMILES string of the molecule is COc1cccc([C@@H]2CC(c3ccc(C)cc3C)=NN2C(=O)CN(C)Cc2ccccc2)c1. The number of carbonyl (C=O) groups excluding carboxylic acids is 1. The maximum absolute atomic E-state index is 13.4. The van der Waals surface area contributed by atoms with Crippen LogP contribution in [0.5, 0.6) is 5.75 Å². The average Bonchev–Trinajstić information content (AvgIpc) is 3.25.